The first-order valence-corrected chi connectivity index (χ1v) is 5.67. The number of unbranched alkanes of at least 4 members (excludes halogenated alkanes) is 1. The summed E-state index contributed by atoms with van der Waals surface area (Å²) in [5.74, 6) is -1.41. The molecule has 0 fully saturated rings. The maximum atomic E-state index is 11.7. The van der Waals surface area contributed by atoms with Crippen molar-refractivity contribution in [2.75, 3.05) is 0 Å². The van der Waals surface area contributed by atoms with E-state index in [4.69, 9.17) is 10.8 Å². The number of nitrogens with two attached hydrogens (primary N) is 1. The molecule has 1 unspecified atom stereocenters. The number of rotatable bonds is 7. The van der Waals surface area contributed by atoms with E-state index in [9.17, 15) is 9.59 Å². The SMILES string of the molecule is CCCC[C@H](NC(=O)C(C)(N)CC)C(=O)O. The number of carboxylic acid groups (broad SMARTS) is 1. The van der Waals surface area contributed by atoms with Gasteiger partial charge in [0.1, 0.15) is 6.04 Å². The van der Waals surface area contributed by atoms with Gasteiger partial charge in [0.2, 0.25) is 5.91 Å². The third-order valence-corrected chi connectivity index (χ3v) is 2.70. The monoisotopic (exact) mass is 230 g/mol. The number of carbonyl (C=O) groups is 2. The van der Waals surface area contributed by atoms with E-state index in [2.05, 4.69) is 5.32 Å². The van der Waals surface area contributed by atoms with Crippen LogP contribution in [-0.4, -0.2) is 28.6 Å². The molecular weight excluding hydrogens is 208 g/mol. The number of hydrogen-bond acceptors (Lipinski definition) is 3. The third-order valence-electron chi connectivity index (χ3n) is 2.70. The van der Waals surface area contributed by atoms with Crippen LogP contribution in [0.25, 0.3) is 0 Å². The first kappa shape index (κ1) is 14.9. The lowest BCUT2D eigenvalue weighted by molar-refractivity contribution is -0.142. The summed E-state index contributed by atoms with van der Waals surface area (Å²) in [6, 6.07) is -0.832. The van der Waals surface area contributed by atoms with Gasteiger partial charge >= 0.3 is 5.97 Å². The number of carbonyl (C=O) groups excluding carboxylic acids is 1. The molecule has 0 aromatic heterocycles. The van der Waals surface area contributed by atoms with E-state index in [0.717, 1.165) is 12.8 Å². The summed E-state index contributed by atoms with van der Waals surface area (Å²) in [6.45, 7) is 5.36. The summed E-state index contributed by atoms with van der Waals surface area (Å²) in [7, 11) is 0. The number of carboxylic acids is 1. The van der Waals surface area contributed by atoms with Crippen molar-refractivity contribution < 1.29 is 14.7 Å². The Balaban J connectivity index is 4.40. The lowest BCUT2D eigenvalue weighted by Crippen LogP contribution is -2.55. The fraction of sp³-hybridized carbons (Fsp3) is 0.818. The van der Waals surface area contributed by atoms with Gasteiger partial charge in [-0.05, 0) is 19.8 Å². The largest absolute Gasteiger partial charge is 0.480 e. The van der Waals surface area contributed by atoms with Gasteiger partial charge < -0.3 is 16.2 Å². The molecule has 94 valence electrons. The Morgan fingerprint density at radius 3 is 2.38 bits per heavy atom. The highest BCUT2D eigenvalue weighted by molar-refractivity contribution is 5.89. The molecule has 5 heteroatoms. The Kier molecular flexibility index (Phi) is 6.03. The fourth-order valence-corrected chi connectivity index (χ4v) is 1.15. The number of nitrogens with one attached hydrogen (secondary N) is 1. The van der Waals surface area contributed by atoms with Crippen LogP contribution < -0.4 is 11.1 Å². The molecule has 0 aromatic carbocycles. The highest BCUT2D eigenvalue weighted by atomic mass is 16.4. The Hall–Kier alpha value is -1.10. The number of aliphatic carboxylic acids is 1. The average Bonchev–Trinajstić information content (AvgIpc) is 2.23. The van der Waals surface area contributed by atoms with E-state index in [0.29, 0.717) is 12.8 Å². The zero-order valence-electron chi connectivity index (χ0n) is 10.2. The molecule has 0 saturated heterocycles. The second kappa shape index (κ2) is 6.48. The van der Waals surface area contributed by atoms with Gasteiger partial charge in [-0.1, -0.05) is 26.7 Å². The zero-order chi connectivity index (χ0) is 12.8. The Labute approximate surface area is 96.4 Å². The molecule has 1 amide bonds. The van der Waals surface area contributed by atoms with E-state index in [1.807, 2.05) is 6.92 Å². The molecule has 2 atom stereocenters. The molecule has 0 aliphatic carbocycles. The molecule has 0 aliphatic rings. The van der Waals surface area contributed by atoms with Gasteiger partial charge in [-0.15, -0.1) is 0 Å². The highest BCUT2D eigenvalue weighted by Gasteiger charge is 2.29. The molecule has 4 N–H and O–H groups in total. The molecule has 0 spiro atoms. The molecule has 0 heterocycles. The smallest absolute Gasteiger partial charge is 0.326 e. The van der Waals surface area contributed by atoms with Crippen LogP contribution in [-0.2, 0) is 9.59 Å². The first-order valence-electron chi connectivity index (χ1n) is 5.67. The Morgan fingerprint density at radius 1 is 1.44 bits per heavy atom. The minimum Gasteiger partial charge on any atom is -0.480 e. The maximum absolute atomic E-state index is 11.7. The van der Waals surface area contributed by atoms with Crippen molar-refractivity contribution in [3.8, 4) is 0 Å². The predicted molar refractivity (Wildman–Crippen MR) is 62.0 cm³/mol. The van der Waals surface area contributed by atoms with Crippen molar-refractivity contribution in [1.29, 1.82) is 0 Å². The lowest BCUT2D eigenvalue weighted by atomic mass is 9.98. The molecule has 0 aromatic rings. The summed E-state index contributed by atoms with van der Waals surface area (Å²) in [6.07, 6.45) is 2.58. The van der Waals surface area contributed by atoms with Crippen molar-refractivity contribution in [3.05, 3.63) is 0 Å². The van der Waals surface area contributed by atoms with Crippen LogP contribution >= 0.6 is 0 Å². The van der Waals surface area contributed by atoms with Crippen LogP contribution in [0.2, 0.25) is 0 Å². The summed E-state index contributed by atoms with van der Waals surface area (Å²) >= 11 is 0. The third kappa shape index (κ3) is 4.61. The molecular formula is C11H22N2O3. The lowest BCUT2D eigenvalue weighted by Gasteiger charge is -2.24. The van der Waals surface area contributed by atoms with Gasteiger partial charge in [0.05, 0.1) is 5.54 Å². The summed E-state index contributed by atoms with van der Waals surface area (Å²) < 4.78 is 0. The van der Waals surface area contributed by atoms with E-state index < -0.39 is 23.5 Å². The molecule has 0 saturated carbocycles. The minimum absolute atomic E-state index is 0.404. The predicted octanol–water partition coefficient (Wildman–Crippen LogP) is 0.873. The Bertz CT molecular complexity index is 252. The molecule has 5 nitrogen and oxygen atoms in total. The molecule has 0 aliphatic heterocycles. The molecule has 0 rings (SSSR count). The standard InChI is InChI=1S/C11H22N2O3/c1-4-6-7-8(9(14)15)13-10(16)11(3,12)5-2/h8H,4-7,12H2,1-3H3,(H,13,16)(H,14,15)/t8-,11?/m0/s1. The summed E-state index contributed by atoms with van der Waals surface area (Å²) in [5, 5.41) is 11.4. The van der Waals surface area contributed by atoms with E-state index in [-0.39, 0.29) is 0 Å². The summed E-state index contributed by atoms with van der Waals surface area (Å²) in [4.78, 5) is 22.6. The van der Waals surface area contributed by atoms with Crippen LogP contribution in [0.15, 0.2) is 0 Å². The minimum atomic E-state index is -1.01. The fourth-order valence-electron chi connectivity index (χ4n) is 1.15. The van der Waals surface area contributed by atoms with Crippen molar-refractivity contribution in [3.63, 3.8) is 0 Å². The van der Waals surface area contributed by atoms with Crippen molar-refractivity contribution >= 4 is 11.9 Å². The normalized spacial score (nSPS) is 16.2. The number of amides is 1. The quantitative estimate of drug-likeness (QED) is 0.605. The average molecular weight is 230 g/mol. The first-order chi connectivity index (χ1) is 7.35. The number of hydrogen-bond donors (Lipinski definition) is 3. The van der Waals surface area contributed by atoms with E-state index >= 15 is 0 Å². The van der Waals surface area contributed by atoms with Crippen LogP contribution in [0.1, 0.15) is 46.5 Å². The topological polar surface area (TPSA) is 92.4 Å². The van der Waals surface area contributed by atoms with Crippen LogP contribution in [0, 0.1) is 0 Å². The second-order valence-corrected chi connectivity index (χ2v) is 4.28. The van der Waals surface area contributed by atoms with Crippen LogP contribution in [0.3, 0.4) is 0 Å². The van der Waals surface area contributed by atoms with Gasteiger partial charge in [0.25, 0.3) is 0 Å². The van der Waals surface area contributed by atoms with Crippen molar-refractivity contribution in [2.45, 2.75) is 58.0 Å². The van der Waals surface area contributed by atoms with Gasteiger partial charge in [0, 0.05) is 0 Å². The van der Waals surface area contributed by atoms with Crippen molar-refractivity contribution in [2.24, 2.45) is 5.73 Å². The Morgan fingerprint density at radius 2 is 2.00 bits per heavy atom. The molecule has 16 heavy (non-hydrogen) atoms. The van der Waals surface area contributed by atoms with Gasteiger partial charge in [-0.3, -0.25) is 4.79 Å². The van der Waals surface area contributed by atoms with Gasteiger partial charge in [0.15, 0.2) is 0 Å². The molecule has 0 bridgehead atoms. The van der Waals surface area contributed by atoms with Crippen LogP contribution in [0.5, 0.6) is 0 Å². The summed E-state index contributed by atoms with van der Waals surface area (Å²) in [5.41, 5.74) is 4.73. The van der Waals surface area contributed by atoms with Crippen LogP contribution in [0.4, 0.5) is 0 Å². The van der Waals surface area contributed by atoms with Crippen molar-refractivity contribution in [1.82, 2.24) is 5.32 Å². The molecule has 0 radical (unpaired) electrons. The highest BCUT2D eigenvalue weighted by Crippen LogP contribution is 2.07. The van der Waals surface area contributed by atoms with Gasteiger partial charge in [-0.25, -0.2) is 4.79 Å². The van der Waals surface area contributed by atoms with Gasteiger partial charge in [-0.2, -0.15) is 0 Å². The zero-order valence-corrected chi connectivity index (χ0v) is 10.2. The van der Waals surface area contributed by atoms with E-state index in [1.165, 1.54) is 0 Å². The maximum Gasteiger partial charge on any atom is 0.326 e. The van der Waals surface area contributed by atoms with E-state index in [1.54, 1.807) is 13.8 Å². The second-order valence-electron chi connectivity index (χ2n) is 4.28.